The quantitative estimate of drug-likeness (QED) is 0.500. The summed E-state index contributed by atoms with van der Waals surface area (Å²) in [7, 11) is 0. The Kier molecular flexibility index (Phi) is 2.92. The Morgan fingerprint density at radius 3 is 3.06 bits per heavy atom. The van der Waals surface area contributed by atoms with Gasteiger partial charge in [-0.2, -0.15) is 5.10 Å². The van der Waals surface area contributed by atoms with Crippen LogP contribution >= 0.6 is 0 Å². The summed E-state index contributed by atoms with van der Waals surface area (Å²) in [5.74, 6) is 1.61. The highest BCUT2D eigenvalue weighted by atomic mass is 16.2. The molecule has 0 aliphatic heterocycles. The summed E-state index contributed by atoms with van der Waals surface area (Å²) in [6.07, 6.45) is 12.0. The first-order valence-corrected chi connectivity index (χ1v) is 6.25. The normalized spacial score (nSPS) is 29.0. The molecule has 1 heterocycles. The molecule has 0 spiro atoms. The number of nitrogens with zero attached hydrogens (tertiary/aromatic N) is 2. The molecule has 18 heavy (non-hydrogen) atoms. The monoisotopic (exact) mass is 241 g/mol. The van der Waals surface area contributed by atoms with Crippen LogP contribution in [0.15, 0.2) is 41.8 Å². The number of aromatic nitrogens is 1. The Morgan fingerprint density at radius 2 is 2.39 bits per heavy atom. The maximum atomic E-state index is 11.7. The first-order valence-electron chi connectivity index (χ1n) is 6.25. The van der Waals surface area contributed by atoms with Crippen LogP contribution in [0.25, 0.3) is 0 Å². The van der Waals surface area contributed by atoms with Crippen LogP contribution in [-0.2, 0) is 0 Å². The Bertz CT molecular complexity index is 495. The third-order valence-corrected chi connectivity index (χ3v) is 3.69. The molecule has 1 amide bonds. The van der Waals surface area contributed by atoms with Crippen LogP contribution in [0.3, 0.4) is 0 Å². The third-order valence-electron chi connectivity index (χ3n) is 3.69. The number of pyridine rings is 1. The van der Waals surface area contributed by atoms with Gasteiger partial charge in [-0.05, 0) is 36.8 Å². The Balaban J connectivity index is 1.55. The van der Waals surface area contributed by atoms with Crippen LogP contribution in [0.4, 0.5) is 0 Å². The molecule has 1 saturated carbocycles. The SMILES string of the molecule is O=C(N/N=C\[C@H]1C[C@H]2C=C[C@H]1C2)c1cccnc1. The van der Waals surface area contributed by atoms with Crippen molar-refractivity contribution in [3.05, 3.63) is 42.2 Å². The lowest BCUT2D eigenvalue weighted by Gasteiger charge is -2.11. The lowest BCUT2D eigenvalue weighted by atomic mass is 9.95. The maximum absolute atomic E-state index is 11.7. The van der Waals surface area contributed by atoms with E-state index >= 15 is 0 Å². The number of hydrogen-bond acceptors (Lipinski definition) is 3. The largest absolute Gasteiger partial charge is 0.272 e. The highest BCUT2D eigenvalue weighted by Crippen LogP contribution is 2.42. The zero-order valence-electron chi connectivity index (χ0n) is 9.99. The summed E-state index contributed by atoms with van der Waals surface area (Å²) >= 11 is 0. The van der Waals surface area contributed by atoms with E-state index in [0.29, 0.717) is 17.4 Å². The van der Waals surface area contributed by atoms with E-state index in [9.17, 15) is 4.79 Å². The van der Waals surface area contributed by atoms with Gasteiger partial charge in [0.15, 0.2) is 0 Å². The summed E-state index contributed by atoms with van der Waals surface area (Å²) in [4.78, 5) is 15.6. The van der Waals surface area contributed by atoms with E-state index in [1.165, 1.54) is 12.6 Å². The van der Waals surface area contributed by atoms with Crippen LogP contribution in [0.2, 0.25) is 0 Å². The topological polar surface area (TPSA) is 54.4 Å². The molecule has 92 valence electrons. The molecule has 4 nitrogen and oxygen atoms in total. The number of rotatable bonds is 3. The minimum atomic E-state index is -0.210. The van der Waals surface area contributed by atoms with E-state index in [2.05, 4.69) is 27.7 Å². The fourth-order valence-electron chi connectivity index (χ4n) is 2.75. The first kappa shape index (κ1) is 11.1. The van der Waals surface area contributed by atoms with Gasteiger partial charge in [0.05, 0.1) is 5.56 Å². The van der Waals surface area contributed by atoms with Crippen LogP contribution in [0.5, 0.6) is 0 Å². The number of amides is 1. The number of carbonyl (C=O) groups is 1. The molecule has 3 rings (SSSR count). The fraction of sp³-hybridized carbons (Fsp3) is 0.357. The van der Waals surface area contributed by atoms with Crippen LogP contribution in [0, 0.1) is 17.8 Å². The zero-order chi connectivity index (χ0) is 12.4. The molecule has 1 aromatic rings. The van der Waals surface area contributed by atoms with E-state index in [1.807, 2.05) is 6.21 Å². The maximum Gasteiger partial charge on any atom is 0.272 e. The molecule has 1 fully saturated rings. The van der Waals surface area contributed by atoms with Gasteiger partial charge in [-0.1, -0.05) is 12.2 Å². The van der Waals surface area contributed by atoms with Gasteiger partial charge >= 0.3 is 0 Å². The lowest BCUT2D eigenvalue weighted by Crippen LogP contribution is -2.19. The van der Waals surface area contributed by atoms with Gasteiger partial charge in [0.25, 0.3) is 5.91 Å². The molecule has 0 aromatic carbocycles. The zero-order valence-corrected chi connectivity index (χ0v) is 9.99. The van der Waals surface area contributed by atoms with Gasteiger partial charge in [0, 0.05) is 24.5 Å². The van der Waals surface area contributed by atoms with Crippen molar-refractivity contribution in [1.82, 2.24) is 10.4 Å². The van der Waals surface area contributed by atoms with Crippen molar-refractivity contribution < 1.29 is 4.79 Å². The first-order chi connectivity index (χ1) is 8.83. The van der Waals surface area contributed by atoms with Crippen molar-refractivity contribution >= 4 is 12.1 Å². The number of nitrogens with one attached hydrogen (secondary N) is 1. The molecule has 3 atom stereocenters. The molecule has 2 bridgehead atoms. The molecule has 0 radical (unpaired) electrons. The van der Waals surface area contributed by atoms with Gasteiger partial charge in [0.2, 0.25) is 0 Å². The van der Waals surface area contributed by atoms with Gasteiger partial charge in [-0.25, -0.2) is 5.43 Å². The van der Waals surface area contributed by atoms with E-state index in [1.54, 1.807) is 18.3 Å². The Morgan fingerprint density at radius 1 is 1.44 bits per heavy atom. The predicted molar refractivity (Wildman–Crippen MR) is 69.0 cm³/mol. The number of hydrazone groups is 1. The predicted octanol–water partition coefficient (Wildman–Crippen LogP) is 2.01. The average Bonchev–Trinajstić information content (AvgIpc) is 3.02. The number of carbonyl (C=O) groups excluding carboxylic acids is 1. The minimum Gasteiger partial charge on any atom is -0.267 e. The standard InChI is InChI=1S/C14H15N3O/c18-14(12-2-1-5-15-8-12)17-16-9-13-7-10-3-4-11(13)6-10/h1-5,8-11,13H,6-7H2,(H,17,18)/b16-9-/t10-,11-,13+/m0/s1. The van der Waals surface area contributed by atoms with E-state index in [-0.39, 0.29) is 5.91 Å². The summed E-state index contributed by atoms with van der Waals surface area (Å²) in [6.45, 7) is 0. The molecule has 2 aliphatic carbocycles. The molecule has 1 N–H and O–H groups in total. The van der Waals surface area contributed by atoms with Crippen LogP contribution < -0.4 is 5.43 Å². The van der Waals surface area contributed by atoms with Crippen molar-refractivity contribution in [3.63, 3.8) is 0 Å². The molecule has 0 unspecified atom stereocenters. The Labute approximate surface area is 106 Å². The van der Waals surface area contributed by atoms with Gasteiger partial charge in [-0.15, -0.1) is 0 Å². The van der Waals surface area contributed by atoms with Crippen molar-refractivity contribution in [2.45, 2.75) is 12.8 Å². The molecule has 0 saturated heterocycles. The molecular weight excluding hydrogens is 226 g/mol. The van der Waals surface area contributed by atoms with Gasteiger partial charge in [-0.3, -0.25) is 9.78 Å². The fourth-order valence-corrected chi connectivity index (χ4v) is 2.75. The van der Waals surface area contributed by atoms with E-state index in [0.717, 1.165) is 12.3 Å². The third kappa shape index (κ3) is 2.18. The molecule has 4 heteroatoms. The van der Waals surface area contributed by atoms with Gasteiger partial charge < -0.3 is 0 Å². The second-order valence-electron chi connectivity index (χ2n) is 4.90. The van der Waals surface area contributed by atoms with Crippen LogP contribution in [0.1, 0.15) is 23.2 Å². The molecule has 1 aromatic heterocycles. The minimum absolute atomic E-state index is 0.210. The van der Waals surface area contributed by atoms with Crippen molar-refractivity contribution in [2.24, 2.45) is 22.9 Å². The number of fused-ring (bicyclic) bond motifs is 2. The molecule has 2 aliphatic rings. The van der Waals surface area contributed by atoms with E-state index < -0.39 is 0 Å². The highest BCUT2D eigenvalue weighted by Gasteiger charge is 2.34. The second-order valence-corrected chi connectivity index (χ2v) is 4.90. The summed E-state index contributed by atoms with van der Waals surface area (Å²) < 4.78 is 0. The van der Waals surface area contributed by atoms with Gasteiger partial charge in [0.1, 0.15) is 0 Å². The Hall–Kier alpha value is -1.97. The number of allylic oxidation sites excluding steroid dienone is 2. The summed E-state index contributed by atoms with van der Waals surface area (Å²) in [6, 6.07) is 3.46. The lowest BCUT2D eigenvalue weighted by molar-refractivity contribution is 0.0954. The van der Waals surface area contributed by atoms with Crippen LogP contribution in [-0.4, -0.2) is 17.1 Å². The second kappa shape index (κ2) is 4.72. The van der Waals surface area contributed by atoms with Crippen molar-refractivity contribution in [3.8, 4) is 0 Å². The molecular formula is C14H15N3O. The summed E-state index contributed by atoms with van der Waals surface area (Å²) in [5, 5.41) is 4.06. The van der Waals surface area contributed by atoms with E-state index in [4.69, 9.17) is 0 Å². The summed E-state index contributed by atoms with van der Waals surface area (Å²) in [5.41, 5.74) is 3.08. The van der Waals surface area contributed by atoms with Crippen molar-refractivity contribution in [1.29, 1.82) is 0 Å². The smallest absolute Gasteiger partial charge is 0.267 e. The average molecular weight is 241 g/mol. The number of hydrogen-bond donors (Lipinski definition) is 1. The van der Waals surface area contributed by atoms with Crippen molar-refractivity contribution in [2.75, 3.05) is 0 Å². The highest BCUT2D eigenvalue weighted by molar-refractivity contribution is 5.93.